The van der Waals surface area contributed by atoms with Crippen LogP contribution in [0, 0.1) is 11.8 Å². The van der Waals surface area contributed by atoms with Crippen molar-refractivity contribution in [1.29, 1.82) is 0 Å². The number of esters is 2. The molecular weight excluding hydrogens is 318 g/mol. The minimum absolute atomic E-state index is 0.194. The zero-order valence-electron chi connectivity index (χ0n) is 15.2. The van der Waals surface area contributed by atoms with E-state index in [1.807, 2.05) is 0 Å². The Balaban J connectivity index is 1.37. The first-order valence-corrected chi connectivity index (χ1v) is 10.3. The summed E-state index contributed by atoms with van der Waals surface area (Å²) < 4.78 is 11.4. The number of ether oxygens (including phenoxy) is 2. The van der Waals surface area contributed by atoms with Crippen LogP contribution in [0.25, 0.3) is 0 Å². The highest BCUT2D eigenvalue weighted by molar-refractivity contribution is 5.84. The van der Waals surface area contributed by atoms with Gasteiger partial charge in [-0.3, -0.25) is 14.5 Å². The molecule has 140 valence electrons. The minimum atomic E-state index is -0.560. The van der Waals surface area contributed by atoms with E-state index in [1.165, 1.54) is 45.2 Å². The third-order valence-electron chi connectivity index (χ3n) is 6.98. The van der Waals surface area contributed by atoms with Crippen molar-refractivity contribution in [3.8, 4) is 0 Å². The molecule has 1 saturated carbocycles. The lowest BCUT2D eigenvalue weighted by Gasteiger charge is -2.44. The number of rotatable bonds is 3. The Hall–Kier alpha value is -1.10. The molecule has 0 aromatic carbocycles. The van der Waals surface area contributed by atoms with Crippen molar-refractivity contribution in [2.75, 3.05) is 19.7 Å². The highest BCUT2D eigenvalue weighted by atomic mass is 16.6. The fraction of sp³-hybridized carbons (Fsp3) is 0.900. The summed E-state index contributed by atoms with van der Waals surface area (Å²) in [5.41, 5.74) is -0.560. The first kappa shape index (κ1) is 17.3. The summed E-state index contributed by atoms with van der Waals surface area (Å²) in [7, 11) is 0. The van der Waals surface area contributed by atoms with Crippen LogP contribution < -0.4 is 0 Å². The second-order valence-electron chi connectivity index (χ2n) is 8.49. The fourth-order valence-electron chi connectivity index (χ4n) is 5.65. The van der Waals surface area contributed by atoms with E-state index >= 15 is 0 Å². The third kappa shape index (κ3) is 3.44. The number of carbonyl (C=O) groups is 2. The monoisotopic (exact) mass is 349 g/mol. The van der Waals surface area contributed by atoms with Gasteiger partial charge in [0.25, 0.3) is 0 Å². The molecule has 5 nitrogen and oxygen atoms in total. The summed E-state index contributed by atoms with van der Waals surface area (Å²) in [4.78, 5) is 27.3. The van der Waals surface area contributed by atoms with Gasteiger partial charge in [-0.1, -0.05) is 12.8 Å². The van der Waals surface area contributed by atoms with Gasteiger partial charge in [0.05, 0.1) is 13.0 Å². The van der Waals surface area contributed by atoms with Gasteiger partial charge in [-0.05, 0) is 64.5 Å². The number of piperidine rings is 2. The van der Waals surface area contributed by atoms with Crippen molar-refractivity contribution in [1.82, 2.24) is 4.90 Å². The lowest BCUT2D eigenvalue weighted by Crippen LogP contribution is -2.49. The number of hydrogen-bond donors (Lipinski definition) is 0. The van der Waals surface area contributed by atoms with E-state index in [9.17, 15) is 9.59 Å². The Kier molecular flexibility index (Phi) is 5.03. The van der Waals surface area contributed by atoms with Gasteiger partial charge in [-0.25, -0.2) is 0 Å². The molecular formula is C20H31NO4. The Morgan fingerprint density at radius 3 is 2.72 bits per heavy atom. The van der Waals surface area contributed by atoms with E-state index in [1.54, 1.807) is 0 Å². The van der Waals surface area contributed by atoms with Crippen LogP contribution in [0.15, 0.2) is 0 Å². The van der Waals surface area contributed by atoms with Crippen molar-refractivity contribution in [2.24, 2.45) is 11.8 Å². The van der Waals surface area contributed by atoms with E-state index < -0.39 is 5.60 Å². The number of nitrogens with zero attached hydrogens (tertiary/aromatic N) is 1. The van der Waals surface area contributed by atoms with Crippen LogP contribution in [0.3, 0.4) is 0 Å². The third-order valence-corrected chi connectivity index (χ3v) is 6.98. The van der Waals surface area contributed by atoms with E-state index in [2.05, 4.69) is 4.90 Å². The largest absolute Gasteiger partial charge is 0.465 e. The molecule has 4 rings (SSSR count). The highest BCUT2D eigenvalue weighted by Crippen LogP contribution is 2.44. The van der Waals surface area contributed by atoms with E-state index in [0.717, 1.165) is 32.1 Å². The van der Waals surface area contributed by atoms with E-state index in [-0.39, 0.29) is 24.3 Å². The van der Waals surface area contributed by atoms with Crippen LogP contribution in [-0.4, -0.2) is 48.2 Å². The molecule has 4 fully saturated rings. The Morgan fingerprint density at radius 1 is 1.08 bits per heavy atom. The van der Waals surface area contributed by atoms with Gasteiger partial charge < -0.3 is 9.47 Å². The average Bonchev–Trinajstić information content (AvgIpc) is 2.95. The molecule has 0 aromatic heterocycles. The fourth-order valence-corrected chi connectivity index (χ4v) is 5.65. The van der Waals surface area contributed by atoms with E-state index in [0.29, 0.717) is 18.6 Å². The Morgan fingerprint density at radius 2 is 1.88 bits per heavy atom. The minimum Gasteiger partial charge on any atom is -0.465 e. The molecule has 0 radical (unpaired) electrons. The van der Waals surface area contributed by atoms with Crippen molar-refractivity contribution in [3.63, 3.8) is 0 Å². The van der Waals surface area contributed by atoms with Crippen LogP contribution >= 0.6 is 0 Å². The quantitative estimate of drug-likeness (QED) is 0.733. The average molecular weight is 349 g/mol. The molecule has 0 N–H and O–H groups in total. The number of carbonyl (C=O) groups excluding carboxylic acids is 2. The molecule has 0 aromatic rings. The van der Waals surface area contributed by atoms with Crippen molar-refractivity contribution in [2.45, 2.75) is 82.3 Å². The predicted molar refractivity (Wildman–Crippen MR) is 92.9 cm³/mol. The molecule has 4 aliphatic rings. The molecule has 3 heterocycles. The van der Waals surface area contributed by atoms with Crippen molar-refractivity contribution < 1.29 is 19.1 Å². The summed E-state index contributed by atoms with van der Waals surface area (Å²) in [5.74, 6) is -0.342. The van der Waals surface area contributed by atoms with Gasteiger partial charge in [0.15, 0.2) is 0 Å². The van der Waals surface area contributed by atoms with Crippen LogP contribution in [0.4, 0.5) is 0 Å². The van der Waals surface area contributed by atoms with Gasteiger partial charge in [-0.2, -0.15) is 0 Å². The molecule has 3 saturated heterocycles. The molecule has 3 atom stereocenters. The summed E-state index contributed by atoms with van der Waals surface area (Å²) in [5, 5.41) is 0. The second kappa shape index (κ2) is 7.26. The topological polar surface area (TPSA) is 55.8 Å². The first-order valence-electron chi connectivity index (χ1n) is 10.3. The lowest BCUT2D eigenvalue weighted by atomic mass is 9.76. The number of fused-ring (bicyclic) bond motifs is 1. The summed E-state index contributed by atoms with van der Waals surface area (Å²) in [6.07, 6.45) is 11.3. The van der Waals surface area contributed by atoms with Gasteiger partial charge in [0.2, 0.25) is 0 Å². The predicted octanol–water partition coefficient (Wildman–Crippen LogP) is 3.06. The Bertz CT molecular complexity index is 512. The molecule has 5 heteroatoms. The normalized spacial score (nSPS) is 35.2. The molecule has 0 bridgehead atoms. The maximum absolute atomic E-state index is 12.8. The molecule has 0 amide bonds. The van der Waals surface area contributed by atoms with Crippen molar-refractivity contribution in [3.05, 3.63) is 0 Å². The molecule has 25 heavy (non-hydrogen) atoms. The zero-order chi connectivity index (χ0) is 17.3. The SMILES string of the molecule is O=C1C[C@@H](C(=O)OC[C@@H]2CCCN3CCCC[C@H]23)C2(CCCCC2)O1. The highest BCUT2D eigenvalue weighted by Gasteiger charge is 2.53. The van der Waals surface area contributed by atoms with Crippen LogP contribution in [0.1, 0.15) is 70.6 Å². The molecule has 3 aliphatic heterocycles. The summed E-state index contributed by atoms with van der Waals surface area (Å²) in [6, 6.07) is 0.584. The first-order chi connectivity index (χ1) is 12.2. The summed E-state index contributed by atoms with van der Waals surface area (Å²) in [6.45, 7) is 2.91. The van der Waals surface area contributed by atoms with Crippen molar-refractivity contribution >= 4 is 11.9 Å². The zero-order valence-corrected chi connectivity index (χ0v) is 15.2. The second-order valence-corrected chi connectivity index (χ2v) is 8.49. The smallest absolute Gasteiger partial charge is 0.313 e. The molecule has 1 aliphatic carbocycles. The molecule has 0 unspecified atom stereocenters. The Labute approximate surface area is 150 Å². The van der Waals surface area contributed by atoms with Gasteiger partial charge in [0.1, 0.15) is 11.5 Å². The van der Waals surface area contributed by atoms with Gasteiger partial charge in [0, 0.05) is 12.0 Å². The standard InChI is InChI=1S/C20H31NO4/c22-18-13-16(20(25-18)9-3-1-4-10-20)19(23)24-14-15-7-6-12-21-11-5-2-8-17(15)21/h15-17H,1-14H2/t15-,16-,17+/m0/s1. The van der Waals surface area contributed by atoms with Gasteiger partial charge >= 0.3 is 11.9 Å². The van der Waals surface area contributed by atoms with Crippen LogP contribution in [0.2, 0.25) is 0 Å². The maximum atomic E-state index is 12.8. The number of hydrogen-bond acceptors (Lipinski definition) is 5. The summed E-state index contributed by atoms with van der Waals surface area (Å²) >= 11 is 0. The molecule has 1 spiro atoms. The lowest BCUT2D eigenvalue weighted by molar-refractivity contribution is -0.163. The van der Waals surface area contributed by atoms with Crippen LogP contribution in [-0.2, 0) is 19.1 Å². The van der Waals surface area contributed by atoms with Gasteiger partial charge in [-0.15, -0.1) is 0 Å². The maximum Gasteiger partial charge on any atom is 0.313 e. The van der Waals surface area contributed by atoms with Crippen LogP contribution in [0.5, 0.6) is 0 Å². The van der Waals surface area contributed by atoms with E-state index in [4.69, 9.17) is 9.47 Å².